The summed E-state index contributed by atoms with van der Waals surface area (Å²) in [5.41, 5.74) is 4.47. The minimum Gasteiger partial charge on any atom is -0.396 e. The van der Waals surface area contributed by atoms with E-state index in [0.29, 0.717) is 19.4 Å². The smallest absolute Gasteiger partial charge is 0.220 e. The summed E-state index contributed by atoms with van der Waals surface area (Å²) >= 11 is 1.65. The summed E-state index contributed by atoms with van der Waals surface area (Å²) in [6, 6.07) is 2.06. The van der Waals surface area contributed by atoms with E-state index in [4.69, 9.17) is 0 Å². The molecule has 0 bridgehead atoms. The van der Waals surface area contributed by atoms with Gasteiger partial charge in [-0.1, -0.05) is 0 Å². The molecule has 0 unspecified atom stereocenters. The van der Waals surface area contributed by atoms with E-state index in [9.17, 15) is 9.90 Å². The topological polar surface area (TPSA) is 67.2 Å². The molecule has 0 spiro atoms. The van der Waals surface area contributed by atoms with Gasteiger partial charge in [-0.25, -0.2) is 0 Å². The Bertz CT molecular complexity index is 635. The quantitative estimate of drug-likeness (QED) is 0.775. The molecule has 126 valence electrons. The molecule has 2 aromatic heterocycles. The standard InChI is InChI=1S/C17H25N3O2S/c1-12-16(13(2)20(3)19-12)4-5-17(22)18-9-15(10-21)8-14-6-7-23-11-14/h6-7,11,15,21H,4-5,8-10H2,1-3H3,(H,18,22)/t15-/m0/s1. The van der Waals surface area contributed by atoms with E-state index in [1.807, 2.05) is 31.0 Å². The van der Waals surface area contributed by atoms with Crippen LogP contribution in [-0.4, -0.2) is 33.9 Å². The molecule has 0 aliphatic rings. The minimum absolute atomic E-state index is 0.0245. The van der Waals surface area contributed by atoms with Crippen LogP contribution in [0.5, 0.6) is 0 Å². The lowest BCUT2D eigenvalue weighted by molar-refractivity contribution is -0.121. The van der Waals surface area contributed by atoms with Crippen LogP contribution in [0.25, 0.3) is 0 Å². The van der Waals surface area contributed by atoms with Crippen molar-refractivity contribution >= 4 is 17.2 Å². The number of amides is 1. The number of rotatable bonds is 8. The van der Waals surface area contributed by atoms with Crippen LogP contribution in [0.4, 0.5) is 0 Å². The first-order valence-electron chi connectivity index (χ1n) is 7.89. The van der Waals surface area contributed by atoms with Crippen LogP contribution in [0.3, 0.4) is 0 Å². The van der Waals surface area contributed by atoms with Crippen LogP contribution in [0.15, 0.2) is 16.8 Å². The number of aliphatic hydroxyl groups is 1. The maximum absolute atomic E-state index is 12.1. The van der Waals surface area contributed by atoms with Crippen LogP contribution in [0.2, 0.25) is 0 Å². The summed E-state index contributed by atoms with van der Waals surface area (Å²) in [6.45, 7) is 4.59. The van der Waals surface area contributed by atoms with Crippen molar-refractivity contribution in [1.29, 1.82) is 0 Å². The molecular weight excluding hydrogens is 310 g/mol. The highest BCUT2D eigenvalue weighted by Crippen LogP contribution is 2.14. The lowest BCUT2D eigenvalue weighted by atomic mass is 10.0. The molecule has 23 heavy (non-hydrogen) atoms. The average Bonchev–Trinajstić information content (AvgIpc) is 3.11. The minimum atomic E-state index is 0.0245. The fourth-order valence-electron chi connectivity index (χ4n) is 2.71. The molecule has 0 saturated heterocycles. The molecule has 2 rings (SSSR count). The first kappa shape index (κ1) is 17.7. The van der Waals surface area contributed by atoms with Crippen molar-refractivity contribution in [3.8, 4) is 0 Å². The van der Waals surface area contributed by atoms with Crippen molar-refractivity contribution in [3.05, 3.63) is 39.3 Å². The summed E-state index contributed by atoms with van der Waals surface area (Å²) in [5, 5.41) is 20.9. The Kier molecular flexibility index (Phi) is 6.36. The van der Waals surface area contributed by atoms with Crippen LogP contribution in [0.1, 0.15) is 28.9 Å². The second-order valence-corrected chi connectivity index (χ2v) is 6.74. The molecule has 2 heterocycles. The lowest BCUT2D eigenvalue weighted by Crippen LogP contribution is -2.32. The number of nitrogens with zero attached hydrogens (tertiary/aromatic N) is 2. The summed E-state index contributed by atoms with van der Waals surface area (Å²) in [6.07, 6.45) is 1.94. The second kappa shape index (κ2) is 8.26. The normalized spacial score (nSPS) is 12.3. The van der Waals surface area contributed by atoms with E-state index >= 15 is 0 Å². The zero-order chi connectivity index (χ0) is 16.8. The van der Waals surface area contributed by atoms with Crippen molar-refractivity contribution in [2.45, 2.75) is 33.1 Å². The van der Waals surface area contributed by atoms with Crippen molar-refractivity contribution in [1.82, 2.24) is 15.1 Å². The van der Waals surface area contributed by atoms with Gasteiger partial charge in [0, 0.05) is 38.2 Å². The second-order valence-electron chi connectivity index (χ2n) is 5.96. The van der Waals surface area contributed by atoms with Gasteiger partial charge >= 0.3 is 0 Å². The number of hydrogen-bond acceptors (Lipinski definition) is 4. The van der Waals surface area contributed by atoms with E-state index in [-0.39, 0.29) is 18.4 Å². The largest absolute Gasteiger partial charge is 0.396 e. The monoisotopic (exact) mass is 335 g/mol. The van der Waals surface area contributed by atoms with E-state index in [2.05, 4.69) is 21.9 Å². The van der Waals surface area contributed by atoms with Gasteiger partial charge in [0.1, 0.15) is 0 Å². The summed E-state index contributed by atoms with van der Waals surface area (Å²) < 4.78 is 1.85. The highest BCUT2D eigenvalue weighted by molar-refractivity contribution is 7.07. The Morgan fingerprint density at radius 2 is 2.26 bits per heavy atom. The van der Waals surface area contributed by atoms with Gasteiger partial charge in [0.15, 0.2) is 0 Å². The number of carbonyl (C=O) groups excluding carboxylic acids is 1. The van der Waals surface area contributed by atoms with Crippen LogP contribution < -0.4 is 5.32 Å². The summed E-state index contributed by atoms with van der Waals surface area (Å²) in [4.78, 5) is 12.1. The van der Waals surface area contributed by atoms with Crippen molar-refractivity contribution in [2.75, 3.05) is 13.2 Å². The molecule has 2 N–H and O–H groups in total. The van der Waals surface area contributed by atoms with Crippen molar-refractivity contribution < 1.29 is 9.90 Å². The van der Waals surface area contributed by atoms with Gasteiger partial charge in [-0.2, -0.15) is 16.4 Å². The molecular formula is C17H25N3O2S. The number of thiophene rings is 1. The van der Waals surface area contributed by atoms with Gasteiger partial charge in [0.25, 0.3) is 0 Å². The molecule has 0 aliphatic carbocycles. The third kappa shape index (κ3) is 4.91. The van der Waals surface area contributed by atoms with E-state index < -0.39 is 0 Å². The molecule has 0 aliphatic heterocycles. The average molecular weight is 335 g/mol. The molecule has 5 nitrogen and oxygen atoms in total. The van der Waals surface area contributed by atoms with Crippen LogP contribution >= 0.6 is 11.3 Å². The van der Waals surface area contributed by atoms with Gasteiger partial charge in [-0.15, -0.1) is 0 Å². The maximum Gasteiger partial charge on any atom is 0.220 e. The van der Waals surface area contributed by atoms with Crippen molar-refractivity contribution in [2.24, 2.45) is 13.0 Å². The Morgan fingerprint density at radius 1 is 1.48 bits per heavy atom. The van der Waals surface area contributed by atoms with Crippen molar-refractivity contribution in [3.63, 3.8) is 0 Å². The number of aryl methyl sites for hydroxylation is 2. The third-order valence-electron chi connectivity index (χ3n) is 4.21. The molecule has 2 aromatic rings. The van der Waals surface area contributed by atoms with Gasteiger partial charge in [-0.3, -0.25) is 9.48 Å². The fourth-order valence-corrected chi connectivity index (χ4v) is 3.39. The number of aromatic nitrogens is 2. The highest BCUT2D eigenvalue weighted by atomic mass is 32.1. The zero-order valence-electron chi connectivity index (χ0n) is 14.0. The fraction of sp³-hybridized carbons (Fsp3) is 0.529. The summed E-state index contributed by atoms with van der Waals surface area (Å²) in [5.74, 6) is 0.0897. The van der Waals surface area contributed by atoms with Gasteiger partial charge in [0.05, 0.1) is 5.69 Å². The lowest BCUT2D eigenvalue weighted by Gasteiger charge is -2.14. The van der Waals surface area contributed by atoms with Crippen LogP contribution in [-0.2, 0) is 24.7 Å². The highest BCUT2D eigenvalue weighted by Gasteiger charge is 2.13. The van der Waals surface area contributed by atoms with Crippen LogP contribution in [0, 0.1) is 19.8 Å². The number of nitrogens with one attached hydrogen (secondary N) is 1. The Balaban J connectivity index is 1.78. The number of carbonyl (C=O) groups is 1. The molecule has 0 fully saturated rings. The molecule has 1 atom stereocenters. The van der Waals surface area contributed by atoms with Gasteiger partial charge in [-0.05, 0) is 54.6 Å². The van der Waals surface area contributed by atoms with Gasteiger partial charge < -0.3 is 10.4 Å². The molecule has 0 saturated carbocycles. The Hall–Kier alpha value is -1.66. The Labute approximate surface area is 141 Å². The number of hydrogen-bond donors (Lipinski definition) is 2. The first-order valence-corrected chi connectivity index (χ1v) is 8.83. The van der Waals surface area contributed by atoms with E-state index in [1.54, 1.807) is 11.3 Å². The molecule has 1 amide bonds. The maximum atomic E-state index is 12.1. The predicted octanol–water partition coefficient (Wildman–Crippen LogP) is 2.00. The molecule has 0 radical (unpaired) electrons. The van der Waals surface area contributed by atoms with E-state index in [1.165, 1.54) is 5.56 Å². The van der Waals surface area contributed by atoms with E-state index in [0.717, 1.165) is 23.4 Å². The predicted molar refractivity (Wildman–Crippen MR) is 92.6 cm³/mol. The Morgan fingerprint density at radius 3 is 2.83 bits per heavy atom. The van der Waals surface area contributed by atoms with Gasteiger partial charge in [0.2, 0.25) is 5.91 Å². The third-order valence-corrected chi connectivity index (χ3v) is 4.94. The number of aliphatic hydroxyl groups excluding tert-OH is 1. The molecule has 0 aromatic carbocycles. The first-order chi connectivity index (χ1) is 11.0. The zero-order valence-corrected chi connectivity index (χ0v) is 14.8. The summed E-state index contributed by atoms with van der Waals surface area (Å²) in [7, 11) is 1.92. The SMILES string of the molecule is Cc1nn(C)c(C)c1CCC(=O)NC[C@@H](CO)Cc1ccsc1. The molecule has 6 heteroatoms.